The SMILES string of the molecule is CN(C)C(=O)Cn1c(-c2ccc(Cl)cc2)nc2ncc([N+](=O)[O-])cc21. The van der Waals surface area contributed by atoms with Gasteiger partial charge in [-0.25, -0.2) is 9.97 Å². The topological polar surface area (TPSA) is 94.2 Å². The van der Waals surface area contributed by atoms with Gasteiger partial charge in [0.15, 0.2) is 5.65 Å². The molecular weight excluding hydrogens is 346 g/mol. The van der Waals surface area contributed by atoms with E-state index in [1.54, 1.807) is 42.9 Å². The van der Waals surface area contributed by atoms with Crippen molar-refractivity contribution in [1.82, 2.24) is 19.4 Å². The van der Waals surface area contributed by atoms with Crippen molar-refractivity contribution in [3.05, 3.63) is 51.7 Å². The van der Waals surface area contributed by atoms with Crippen LogP contribution in [0.15, 0.2) is 36.5 Å². The minimum atomic E-state index is -0.528. The number of aromatic nitrogens is 3. The van der Waals surface area contributed by atoms with Gasteiger partial charge in [-0.15, -0.1) is 0 Å². The number of pyridine rings is 1. The third-order valence-electron chi connectivity index (χ3n) is 3.70. The number of imidazole rings is 1. The average Bonchev–Trinajstić information content (AvgIpc) is 2.93. The number of carbonyl (C=O) groups excluding carboxylic acids is 1. The molecule has 8 nitrogen and oxygen atoms in total. The zero-order valence-corrected chi connectivity index (χ0v) is 14.3. The lowest BCUT2D eigenvalue weighted by Crippen LogP contribution is -2.26. The predicted octanol–water partition coefficient (Wildman–Crippen LogP) is 2.75. The van der Waals surface area contributed by atoms with Crippen molar-refractivity contribution in [2.75, 3.05) is 14.1 Å². The van der Waals surface area contributed by atoms with Gasteiger partial charge in [-0.2, -0.15) is 0 Å². The van der Waals surface area contributed by atoms with Gasteiger partial charge < -0.3 is 9.47 Å². The van der Waals surface area contributed by atoms with Gasteiger partial charge >= 0.3 is 0 Å². The average molecular weight is 360 g/mol. The molecule has 3 rings (SSSR count). The van der Waals surface area contributed by atoms with Crippen LogP contribution in [0.3, 0.4) is 0 Å². The van der Waals surface area contributed by atoms with Crippen molar-refractivity contribution >= 4 is 34.4 Å². The van der Waals surface area contributed by atoms with Crippen LogP contribution in [0.5, 0.6) is 0 Å². The lowest BCUT2D eigenvalue weighted by atomic mass is 10.2. The number of carbonyl (C=O) groups is 1. The number of hydrogen-bond acceptors (Lipinski definition) is 5. The molecule has 0 aliphatic rings. The van der Waals surface area contributed by atoms with Crippen LogP contribution in [0, 0.1) is 10.1 Å². The molecule has 0 aliphatic heterocycles. The zero-order chi connectivity index (χ0) is 18.1. The molecule has 2 aromatic heterocycles. The molecule has 1 aromatic carbocycles. The molecule has 25 heavy (non-hydrogen) atoms. The first kappa shape index (κ1) is 16.8. The van der Waals surface area contributed by atoms with Gasteiger partial charge in [-0.3, -0.25) is 14.9 Å². The van der Waals surface area contributed by atoms with Crippen LogP contribution in [0.25, 0.3) is 22.6 Å². The van der Waals surface area contributed by atoms with Crippen LogP contribution in [0.1, 0.15) is 0 Å². The lowest BCUT2D eigenvalue weighted by molar-refractivity contribution is -0.385. The fraction of sp³-hybridized carbons (Fsp3) is 0.188. The van der Waals surface area contributed by atoms with E-state index in [0.29, 0.717) is 22.0 Å². The van der Waals surface area contributed by atoms with Crippen LogP contribution in [-0.4, -0.2) is 44.4 Å². The normalized spacial score (nSPS) is 10.8. The summed E-state index contributed by atoms with van der Waals surface area (Å²) in [6.45, 7) is -0.00962. The summed E-state index contributed by atoms with van der Waals surface area (Å²) in [6.07, 6.45) is 1.15. The molecule has 0 bridgehead atoms. The Labute approximate surface area is 147 Å². The number of fused-ring (bicyclic) bond motifs is 1. The first-order valence-corrected chi connectivity index (χ1v) is 7.71. The second-order valence-corrected chi connectivity index (χ2v) is 6.05. The summed E-state index contributed by atoms with van der Waals surface area (Å²) in [5, 5.41) is 11.6. The predicted molar refractivity (Wildman–Crippen MR) is 93.3 cm³/mol. The van der Waals surface area contributed by atoms with Gasteiger partial charge in [0.25, 0.3) is 5.69 Å². The van der Waals surface area contributed by atoms with Gasteiger partial charge in [-0.1, -0.05) is 11.6 Å². The molecule has 0 saturated heterocycles. The van der Waals surface area contributed by atoms with E-state index in [2.05, 4.69) is 9.97 Å². The van der Waals surface area contributed by atoms with Crippen molar-refractivity contribution in [2.45, 2.75) is 6.54 Å². The molecule has 9 heteroatoms. The molecular formula is C16H14ClN5O3. The molecule has 128 valence electrons. The zero-order valence-electron chi connectivity index (χ0n) is 13.5. The molecule has 0 atom stereocenters. The smallest absolute Gasteiger partial charge is 0.289 e. The molecule has 0 radical (unpaired) electrons. The summed E-state index contributed by atoms with van der Waals surface area (Å²) < 4.78 is 1.63. The Kier molecular flexibility index (Phi) is 4.37. The van der Waals surface area contributed by atoms with E-state index in [0.717, 1.165) is 11.8 Å². The summed E-state index contributed by atoms with van der Waals surface area (Å²) in [6, 6.07) is 8.34. The van der Waals surface area contributed by atoms with Crippen LogP contribution < -0.4 is 0 Å². The molecule has 0 N–H and O–H groups in total. The number of hydrogen-bond donors (Lipinski definition) is 0. The highest BCUT2D eigenvalue weighted by Crippen LogP contribution is 2.27. The van der Waals surface area contributed by atoms with Gasteiger partial charge in [0.1, 0.15) is 18.6 Å². The minimum Gasteiger partial charge on any atom is -0.347 e. The number of amides is 1. The Morgan fingerprint density at radius 1 is 1.32 bits per heavy atom. The van der Waals surface area contributed by atoms with Crippen molar-refractivity contribution in [3.8, 4) is 11.4 Å². The van der Waals surface area contributed by atoms with E-state index in [1.807, 2.05) is 0 Å². The highest BCUT2D eigenvalue weighted by molar-refractivity contribution is 6.30. The number of likely N-dealkylation sites (N-methyl/N-ethyl adjacent to an activating group) is 1. The van der Waals surface area contributed by atoms with E-state index in [4.69, 9.17) is 11.6 Å². The van der Waals surface area contributed by atoms with Gasteiger partial charge in [0, 0.05) is 30.7 Å². The van der Waals surface area contributed by atoms with Crippen molar-refractivity contribution < 1.29 is 9.72 Å². The summed E-state index contributed by atoms with van der Waals surface area (Å²) >= 11 is 5.92. The quantitative estimate of drug-likeness (QED) is 0.527. The molecule has 0 spiro atoms. The number of benzene rings is 1. The van der Waals surface area contributed by atoms with Gasteiger partial charge in [-0.05, 0) is 24.3 Å². The maximum Gasteiger partial charge on any atom is 0.289 e. The van der Waals surface area contributed by atoms with E-state index < -0.39 is 4.92 Å². The first-order valence-electron chi connectivity index (χ1n) is 7.33. The van der Waals surface area contributed by atoms with E-state index in [-0.39, 0.29) is 18.1 Å². The van der Waals surface area contributed by atoms with Crippen molar-refractivity contribution in [1.29, 1.82) is 0 Å². The molecule has 0 fully saturated rings. The lowest BCUT2D eigenvalue weighted by Gasteiger charge is -2.13. The van der Waals surface area contributed by atoms with Crippen molar-refractivity contribution in [3.63, 3.8) is 0 Å². The number of nitrogens with zero attached hydrogens (tertiary/aromatic N) is 5. The number of nitro groups is 1. The third kappa shape index (κ3) is 3.29. The molecule has 1 amide bonds. The fourth-order valence-electron chi connectivity index (χ4n) is 2.35. The Hall–Kier alpha value is -3.00. The molecule has 0 unspecified atom stereocenters. The molecule has 3 aromatic rings. The molecule has 0 aliphatic carbocycles. The Morgan fingerprint density at radius 2 is 2.00 bits per heavy atom. The second-order valence-electron chi connectivity index (χ2n) is 5.61. The third-order valence-corrected chi connectivity index (χ3v) is 3.95. The van der Waals surface area contributed by atoms with E-state index in [1.165, 1.54) is 11.0 Å². The maximum absolute atomic E-state index is 12.2. The minimum absolute atomic E-state index is 0.00962. The van der Waals surface area contributed by atoms with Crippen LogP contribution in [0.2, 0.25) is 5.02 Å². The fourth-order valence-corrected chi connectivity index (χ4v) is 2.48. The molecule has 2 heterocycles. The van der Waals surface area contributed by atoms with Gasteiger partial charge in [0.05, 0.1) is 10.4 Å². The van der Waals surface area contributed by atoms with Crippen LogP contribution >= 0.6 is 11.6 Å². The summed E-state index contributed by atoms with van der Waals surface area (Å²) in [5.74, 6) is 0.330. The highest BCUT2D eigenvalue weighted by Gasteiger charge is 2.19. The standard InChI is InChI=1S/C16H14ClN5O3/c1-20(2)14(23)9-21-13-7-12(22(24)25)8-18-15(13)19-16(21)10-3-5-11(17)6-4-10/h3-8H,9H2,1-2H3. The Morgan fingerprint density at radius 3 is 2.60 bits per heavy atom. The summed E-state index contributed by atoms with van der Waals surface area (Å²) in [5.41, 5.74) is 1.33. The summed E-state index contributed by atoms with van der Waals surface area (Å²) in [7, 11) is 3.29. The van der Waals surface area contributed by atoms with E-state index >= 15 is 0 Å². The second kappa shape index (κ2) is 6.48. The van der Waals surface area contributed by atoms with Crippen LogP contribution in [-0.2, 0) is 11.3 Å². The number of halogens is 1. The monoisotopic (exact) mass is 359 g/mol. The molecule has 0 saturated carbocycles. The highest BCUT2D eigenvalue weighted by atomic mass is 35.5. The largest absolute Gasteiger partial charge is 0.347 e. The van der Waals surface area contributed by atoms with Crippen LogP contribution in [0.4, 0.5) is 5.69 Å². The van der Waals surface area contributed by atoms with E-state index in [9.17, 15) is 14.9 Å². The number of rotatable bonds is 4. The van der Waals surface area contributed by atoms with Gasteiger partial charge in [0.2, 0.25) is 5.91 Å². The maximum atomic E-state index is 12.2. The summed E-state index contributed by atoms with van der Waals surface area (Å²) in [4.78, 5) is 32.7. The Balaban J connectivity index is 2.22. The first-order chi connectivity index (χ1) is 11.9. The Bertz CT molecular complexity index is 966. The van der Waals surface area contributed by atoms with Crippen molar-refractivity contribution in [2.24, 2.45) is 0 Å².